The monoisotopic (exact) mass is 417 g/mol. The molecular weight excluding hydrogens is 394 g/mol. The van der Waals surface area contributed by atoms with Gasteiger partial charge in [-0.05, 0) is 41.8 Å². The Balaban J connectivity index is 1.64. The van der Waals surface area contributed by atoms with Gasteiger partial charge in [0.2, 0.25) is 5.75 Å². The van der Waals surface area contributed by atoms with E-state index < -0.39 is 0 Å². The van der Waals surface area contributed by atoms with Gasteiger partial charge in [0.1, 0.15) is 0 Å². The molecule has 0 saturated carbocycles. The van der Waals surface area contributed by atoms with Gasteiger partial charge in [-0.25, -0.2) is 0 Å². The standard InChI is InChI=1S/C25H23NO5/c1-29-22-13-11-20(18-8-10-19-17(14-18)9-12-21(19)27)23(24(22)30-2)31-15-26-25(28)16-6-4-3-5-7-16/h3-8,10-11,13-14H,9,12,15H2,1-2H3,(H,26,28). The number of hydrogen-bond acceptors (Lipinski definition) is 5. The number of ether oxygens (including phenoxy) is 3. The third kappa shape index (κ3) is 4.10. The Morgan fingerprint density at radius 2 is 1.68 bits per heavy atom. The van der Waals surface area contributed by atoms with Crippen LogP contribution < -0.4 is 19.5 Å². The van der Waals surface area contributed by atoms with Crippen molar-refractivity contribution >= 4 is 11.7 Å². The minimum Gasteiger partial charge on any atom is -0.493 e. The van der Waals surface area contributed by atoms with Crippen LogP contribution in [0.25, 0.3) is 11.1 Å². The first-order chi connectivity index (χ1) is 15.1. The molecule has 0 aliphatic heterocycles. The number of carbonyl (C=O) groups is 2. The molecule has 1 aliphatic rings. The highest BCUT2D eigenvalue weighted by molar-refractivity contribution is 6.01. The van der Waals surface area contributed by atoms with Crippen LogP contribution in [0, 0.1) is 0 Å². The largest absolute Gasteiger partial charge is 0.493 e. The van der Waals surface area contributed by atoms with E-state index in [-0.39, 0.29) is 18.4 Å². The van der Waals surface area contributed by atoms with Crippen molar-refractivity contribution in [2.45, 2.75) is 12.8 Å². The van der Waals surface area contributed by atoms with Crippen LogP contribution in [0.15, 0.2) is 60.7 Å². The summed E-state index contributed by atoms with van der Waals surface area (Å²) in [5, 5.41) is 2.76. The number of nitrogens with one attached hydrogen (secondary N) is 1. The summed E-state index contributed by atoms with van der Waals surface area (Å²) in [4.78, 5) is 24.3. The van der Waals surface area contributed by atoms with Crippen LogP contribution in [0.3, 0.4) is 0 Å². The molecule has 0 unspecified atom stereocenters. The molecule has 158 valence electrons. The molecule has 6 heteroatoms. The molecule has 1 N–H and O–H groups in total. The van der Waals surface area contributed by atoms with E-state index in [9.17, 15) is 9.59 Å². The zero-order valence-electron chi connectivity index (χ0n) is 17.4. The summed E-state index contributed by atoms with van der Waals surface area (Å²) in [6, 6.07) is 18.4. The molecule has 6 nitrogen and oxygen atoms in total. The number of ketones is 1. The maximum absolute atomic E-state index is 12.3. The number of carbonyl (C=O) groups excluding carboxylic acids is 2. The molecule has 3 aromatic carbocycles. The predicted molar refractivity (Wildman–Crippen MR) is 117 cm³/mol. The SMILES string of the molecule is COc1ccc(-c2ccc3c(c2)CCC3=O)c(OCNC(=O)c2ccccc2)c1OC. The number of benzene rings is 3. The summed E-state index contributed by atoms with van der Waals surface area (Å²) in [5.41, 5.74) is 4.04. The summed E-state index contributed by atoms with van der Waals surface area (Å²) in [6.45, 7) is -0.0479. The molecule has 31 heavy (non-hydrogen) atoms. The van der Waals surface area contributed by atoms with Gasteiger partial charge in [-0.15, -0.1) is 0 Å². The van der Waals surface area contributed by atoms with Gasteiger partial charge >= 0.3 is 0 Å². The fourth-order valence-corrected chi connectivity index (χ4v) is 3.76. The fourth-order valence-electron chi connectivity index (χ4n) is 3.76. The molecular formula is C25H23NO5. The summed E-state index contributed by atoms with van der Waals surface area (Å²) in [5.74, 6) is 1.35. The molecule has 3 aromatic rings. The number of hydrogen-bond donors (Lipinski definition) is 1. The summed E-state index contributed by atoms with van der Waals surface area (Å²) in [7, 11) is 3.10. The van der Waals surface area contributed by atoms with Crippen LogP contribution in [0.1, 0.15) is 32.7 Å². The molecule has 4 rings (SSSR count). The van der Waals surface area contributed by atoms with Crippen molar-refractivity contribution in [3.05, 3.63) is 77.4 Å². The van der Waals surface area contributed by atoms with E-state index in [2.05, 4.69) is 5.32 Å². The van der Waals surface area contributed by atoms with Crippen molar-refractivity contribution in [1.29, 1.82) is 0 Å². The van der Waals surface area contributed by atoms with Crippen molar-refractivity contribution in [3.8, 4) is 28.4 Å². The van der Waals surface area contributed by atoms with E-state index in [1.807, 2.05) is 36.4 Å². The first kappa shape index (κ1) is 20.5. The molecule has 0 aromatic heterocycles. The number of methoxy groups -OCH3 is 2. The summed E-state index contributed by atoms with van der Waals surface area (Å²) >= 11 is 0. The zero-order chi connectivity index (χ0) is 21.8. The minimum atomic E-state index is -0.236. The van der Waals surface area contributed by atoms with Gasteiger partial charge in [-0.1, -0.05) is 36.4 Å². The van der Waals surface area contributed by atoms with Crippen LogP contribution in [-0.2, 0) is 6.42 Å². The smallest absolute Gasteiger partial charge is 0.253 e. The summed E-state index contributed by atoms with van der Waals surface area (Å²) < 4.78 is 17.0. The highest BCUT2D eigenvalue weighted by Gasteiger charge is 2.22. The highest BCUT2D eigenvalue weighted by atomic mass is 16.5. The maximum Gasteiger partial charge on any atom is 0.253 e. The van der Waals surface area contributed by atoms with Gasteiger partial charge in [0, 0.05) is 23.1 Å². The van der Waals surface area contributed by atoms with Crippen molar-refractivity contribution in [2.24, 2.45) is 0 Å². The Morgan fingerprint density at radius 3 is 2.42 bits per heavy atom. The third-order valence-corrected chi connectivity index (χ3v) is 5.32. The van der Waals surface area contributed by atoms with E-state index in [0.717, 1.165) is 28.7 Å². The van der Waals surface area contributed by atoms with Crippen molar-refractivity contribution in [1.82, 2.24) is 5.32 Å². The van der Waals surface area contributed by atoms with Gasteiger partial charge < -0.3 is 19.5 Å². The normalized spacial score (nSPS) is 12.3. The Bertz CT molecular complexity index is 1120. The van der Waals surface area contributed by atoms with Gasteiger partial charge in [-0.2, -0.15) is 0 Å². The Kier molecular flexibility index (Phi) is 5.89. The van der Waals surface area contributed by atoms with E-state index in [1.165, 1.54) is 0 Å². The summed E-state index contributed by atoms with van der Waals surface area (Å²) in [6.07, 6.45) is 1.28. The van der Waals surface area contributed by atoms with Crippen LogP contribution in [0.5, 0.6) is 17.2 Å². The average molecular weight is 417 g/mol. The van der Waals surface area contributed by atoms with E-state index in [4.69, 9.17) is 14.2 Å². The second kappa shape index (κ2) is 8.92. The van der Waals surface area contributed by atoms with E-state index >= 15 is 0 Å². The first-order valence-corrected chi connectivity index (χ1v) is 10.00. The lowest BCUT2D eigenvalue weighted by Crippen LogP contribution is -2.27. The Morgan fingerprint density at radius 1 is 0.903 bits per heavy atom. The van der Waals surface area contributed by atoms with Crippen LogP contribution in [0.2, 0.25) is 0 Å². The minimum absolute atomic E-state index is 0.0479. The van der Waals surface area contributed by atoms with Crippen LogP contribution >= 0.6 is 0 Å². The fraction of sp³-hybridized carbons (Fsp3) is 0.200. The Labute approximate surface area is 180 Å². The van der Waals surface area contributed by atoms with E-state index in [0.29, 0.717) is 29.2 Å². The van der Waals surface area contributed by atoms with Gasteiger partial charge in [0.15, 0.2) is 24.0 Å². The van der Waals surface area contributed by atoms with Gasteiger partial charge in [0.05, 0.1) is 14.2 Å². The second-order valence-corrected chi connectivity index (χ2v) is 7.13. The first-order valence-electron chi connectivity index (χ1n) is 10.00. The second-order valence-electron chi connectivity index (χ2n) is 7.13. The topological polar surface area (TPSA) is 73.9 Å². The molecule has 1 amide bonds. The van der Waals surface area contributed by atoms with Crippen molar-refractivity contribution < 1.29 is 23.8 Å². The molecule has 0 radical (unpaired) electrons. The molecule has 0 atom stereocenters. The van der Waals surface area contributed by atoms with E-state index in [1.54, 1.807) is 38.5 Å². The Hall–Kier alpha value is -3.80. The van der Waals surface area contributed by atoms with Gasteiger partial charge in [-0.3, -0.25) is 9.59 Å². The molecule has 1 aliphatic carbocycles. The van der Waals surface area contributed by atoms with Crippen LogP contribution in [0.4, 0.5) is 0 Å². The molecule has 0 spiro atoms. The lowest BCUT2D eigenvalue weighted by molar-refractivity contribution is 0.0917. The molecule has 0 fully saturated rings. The number of fused-ring (bicyclic) bond motifs is 1. The number of aryl methyl sites for hydroxylation is 1. The zero-order valence-corrected chi connectivity index (χ0v) is 17.4. The number of amides is 1. The molecule has 0 saturated heterocycles. The predicted octanol–water partition coefficient (Wildman–Crippen LogP) is 4.27. The van der Waals surface area contributed by atoms with Crippen molar-refractivity contribution in [3.63, 3.8) is 0 Å². The number of rotatable bonds is 7. The van der Waals surface area contributed by atoms with Gasteiger partial charge in [0.25, 0.3) is 5.91 Å². The number of Topliss-reactive ketones (excluding diaryl/α,β-unsaturated/α-hetero) is 1. The maximum atomic E-state index is 12.3. The third-order valence-electron chi connectivity index (χ3n) is 5.32. The lowest BCUT2D eigenvalue weighted by atomic mass is 9.99. The highest BCUT2D eigenvalue weighted by Crippen LogP contribution is 2.45. The molecule has 0 bridgehead atoms. The average Bonchev–Trinajstić information content (AvgIpc) is 3.19. The lowest BCUT2D eigenvalue weighted by Gasteiger charge is -2.18. The molecule has 0 heterocycles. The quantitative estimate of drug-likeness (QED) is 0.582. The van der Waals surface area contributed by atoms with Crippen molar-refractivity contribution in [2.75, 3.05) is 21.0 Å². The van der Waals surface area contributed by atoms with Crippen LogP contribution in [-0.4, -0.2) is 32.6 Å².